The molecule has 0 unspecified atom stereocenters. The SMILES string of the molecule is CC(C)(C)OC(=O)N1[C@H](CO)[C@@H](O)[C@@H](O)[C@@H]1c1cc(C#N)c(=O)[nH]c1O. The van der Waals surface area contributed by atoms with Gasteiger partial charge in [0.15, 0.2) is 5.88 Å². The summed E-state index contributed by atoms with van der Waals surface area (Å²) in [7, 11) is 0. The number of H-pyrrole nitrogens is 1. The Morgan fingerprint density at radius 2 is 2.00 bits per heavy atom. The van der Waals surface area contributed by atoms with Crippen molar-refractivity contribution in [3.63, 3.8) is 0 Å². The summed E-state index contributed by atoms with van der Waals surface area (Å²) < 4.78 is 5.26. The average molecular weight is 367 g/mol. The van der Waals surface area contributed by atoms with Crippen LogP contribution in [0.3, 0.4) is 0 Å². The van der Waals surface area contributed by atoms with Crippen LogP contribution in [0.2, 0.25) is 0 Å². The van der Waals surface area contributed by atoms with Crippen molar-refractivity contribution < 1.29 is 30.0 Å². The predicted octanol–water partition coefficient (Wildman–Crippen LogP) is -0.673. The van der Waals surface area contributed by atoms with Crippen LogP contribution in [0.1, 0.15) is 37.9 Å². The van der Waals surface area contributed by atoms with Gasteiger partial charge in [-0.2, -0.15) is 5.26 Å². The van der Waals surface area contributed by atoms with Gasteiger partial charge in [0.25, 0.3) is 5.56 Å². The third kappa shape index (κ3) is 3.50. The van der Waals surface area contributed by atoms with Crippen molar-refractivity contribution in [3.8, 4) is 11.9 Å². The number of pyridine rings is 1. The number of nitriles is 1. The van der Waals surface area contributed by atoms with Crippen molar-refractivity contribution in [2.75, 3.05) is 6.61 Å². The first-order chi connectivity index (χ1) is 12.0. The first-order valence-corrected chi connectivity index (χ1v) is 7.86. The zero-order valence-electron chi connectivity index (χ0n) is 14.5. The van der Waals surface area contributed by atoms with Gasteiger partial charge >= 0.3 is 6.09 Å². The van der Waals surface area contributed by atoms with E-state index in [1.165, 1.54) is 0 Å². The number of likely N-dealkylation sites (tertiary alicyclic amines) is 1. The quantitative estimate of drug-likeness (QED) is 0.458. The van der Waals surface area contributed by atoms with Gasteiger partial charge in [0.1, 0.15) is 29.4 Å². The Morgan fingerprint density at radius 1 is 1.38 bits per heavy atom. The maximum absolute atomic E-state index is 12.6. The Labute approximate surface area is 148 Å². The highest BCUT2D eigenvalue weighted by molar-refractivity contribution is 5.70. The van der Waals surface area contributed by atoms with Crippen LogP contribution >= 0.6 is 0 Å². The number of aromatic hydroxyl groups is 1. The molecule has 0 spiro atoms. The van der Waals surface area contributed by atoms with E-state index in [-0.39, 0.29) is 11.1 Å². The van der Waals surface area contributed by atoms with E-state index in [0.717, 1.165) is 11.0 Å². The molecule has 0 radical (unpaired) electrons. The highest BCUT2D eigenvalue weighted by Gasteiger charge is 2.52. The molecular weight excluding hydrogens is 346 g/mol. The molecule has 10 heteroatoms. The number of aliphatic hydroxyl groups excluding tert-OH is 3. The van der Waals surface area contributed by atoms with E-state index in [0.29, 0.717) is 0 Å². The third-order valence-electron chi connectivity index (χ3n) is 4.00. The number of aliphatic hydroxyl groups is 3. The average Bonchev–Trinajstić information content (AvgIpc) is 2.78. The van der Waals surface area contributed by atoms with Crippen molar-refractivity contribution in [2.45, 2.75) is 50.7 Å². The first kappa shape index (κ1) is 19.7. The number of carbonyl (C=O) groups is 1. The molecule has 142 valence electrons. The van der Waals surface area contributed by atoms with Crippen molar-refractivity contribution >= 4 is 6.09 Å². The van der Waals surface area contributed by atoms with E-state index in [4.69, 9.17) is 10.00 Å². The molecule has 1 aliphatic heterocycles. The van der Waals surface area contributed by atoms with Crippen LogP contribution in [0, 0.1) is 11.3 Å². The number of rotatable bonds is 2. The lowest BCUT2D eigenvalue weighted by atomic mass is 10.0. The van der Waals surface area contributed by atoms with Gasteiger partial charge in [0.05, 0.1) is 18.7 Å². The van der Waals surface area contributed by atoms with Gasteiger partial charge in [-0.1, -0.05) is 0 Å². The van der Waals surface area contributed by atoms with Crippen molar-refractivity contribution in [2.24, 2.45) is 0 Å². The first-order valence-electron chi connectivity index (χ1n) is 7.86. The smallest absolute Gasteiger partial charge is 0.411 e. The summed E-state index contributed by atoms with van der Waals surface area (Å²) in [5, 5.41) is 49.2. The zero-order valence-corrected chi connectivity index (χ0v) is 14.5. The second-order valence-corrected chi connectivity index (χ2v) is 6.99. The van der Waals surface area contributed by atoms with Gasteiger partial charge < -0.3 is 25.2 Å². The van der Waals surface area contributed by atoms with Gasteiger partial charge in [-0.05, 0) is 26.8 Å². The monoisotopic (exact) mass is 367 g/mol. The number of carbonyl (C=O) groups excluding carboxylic acids is 1. The largest absolute Gasteiger partial charge is 0.494 e. The molecule has 1 aliphatic rings. The van der Waals surface area contributed by atoms with E-state index in [9.17, 15) is 30.0 Å². The summed E-state index contributed by atoms with van der Waals surface area (Å²) in [5.74, 6) is -0.669. The normalized spacial score (nSPS) is 25.8. The van der Waals surface area contributed by atoms with E-state index in [1.807, 2.05) is 0 Å². The molecule has 0 aliphatic carbocycles. The van der Waals surface area contributed by atoms with Gasteiger partial charge in [-0.3, -0.25) is 14.7 Å². The molecule has 2 rings (SSSR count). The van der Waals surface area contributed by atoms with Gasteiger partial charge in [-0.25, -0.2) is 4.79 Å². The van der Waals surface area contributed by atoms with E-state index in [1.54, 1.807) is 26.8 Å². The summed E-state index contributed by atoms with van der Waals surface area (Å²) in [4.78, 5) is 27.2. The van der Waals surface area contributed by atoms with Gasteiger partial charge in [0.2, 0.25) is 0 Å². The molecule has 0 bridgehead atoms. The summed E-state index contributed by atoms with van der Waals surface area (Å²) in [5.41, 5.74) is -2.25. The number of nitrogens with zero attached hydrogens (tertiary/aromatic N) is 2. The predicted molar refractivity (Wildman–Crippen MR) is 87.1 cm³/mol. The highest BCUT2D eigenvalue weighted by atomic mass is 16.6. The Hall–Kier alpha value is -2.61. The second kappa shape index (κ2) is 6.95. The fourth-order valence-electron chi connectivity index (χ4n) is 2.89. The summed E-state index contributed by atoms with van der Waals surface area (Å²) in [6, 6.07) is 0.103. The van der Waals surface area contributed by atoms with E-state index in [2.05, 4.69) is 4.98 Å². The standard InChI is InChI=1S/C16H21N3O7/c1-16(2,3)26-15(25)19-9(6-20)11(21)12(22)10(19)8-4-7(5-17)13(23)18-14(8)24/h4,9-12,20-22H,6H2,1-3H3,(H2,18,23,24)/t9-,10+,11-,12+/m1/s1. The van der Waals surface area contributed by atoms with Crippen molar-refractivity contribution in [3.05, 3.63) is 27.5 Å². The fraction of sp³-hybridized carbons (Fsp3) is 0.562. The van der Waals surface area contributed by atoms with Crippen molar-refractivity contribution in [1.29, 1.82) is 5.26 Å². The molecule has 1 saturated heterocycles. The van der Waals surface area contributed by atoms with Gasteiger partial charge in [-0.15, -0.1) is 0 Å². The van der Waals surface area contributed by atoms with Gasteiger partial charge in [0, 0.05) is 5.56 Å². The molecule has 4 atom stereocenters. The van der Waals surface area contributed by atoms with Crippen LogP contribution < -0.4 is 5.56 Å². The van der Waals surface area contributed by atoms with Crippen LogP contribution in [0.5, 0.6) is 5.88 Å². The number of ether oxygens (including phenoxy) is 1. The number of nitrogens with one attached hydrogen (secondary N) is 1. The molecule has 10 nitrogen and oxygen atoms in total. The fourth-order valence-corrected chi connectivity index (χ4v) is 2.89. The maximum Gasteiger partial charge on any atom is 0.411 e. The van der Waals surface area contributed by atoms with Crippen LogP contribution in [0.15, 0.2) is 10.9 Å². The molecule has 1 aromatic rings. The topological polar surface area (TPSA) is 167 Å². The summed E-state index contributed by atoms with van der Waals surface area (Å²) >= 11 is 0. The zero-order chi connectivity index (χ0) is 19.8. The van der Waals surface area contributed by atoms with E-state index >= 15 is 0 Å². The molecular formula is C16H21N3O7. The molecule has 0 saturated carbocycles. The number of hydrogen-bond acceptors (Lipinski definition) is 8. The lowest BCUT2D eigenvalue weighted by molar-refractivity contribution is -0.000978. The number of aromatic amines is 1. The highest BCUT2D eigenvalue weighted by Crippen LogP contribution is 2.40. The Morgan fingerprint density at radius 3 is 2.50 bits per heavy atom. The third-order valence-corrected chi connectivity index (χ3v) is 4.00. The lowest BCUT2D eigenvalue weighted by Gasteiger charge is -2.32. The molecule has 26 heavy (non-hydrogen) atoms. The summed E-state index contributed by atoms with van der Waals surface area (Å²) in [6.45, 7) is 4.16. The molecule has 1 aromatic heterocycles. The van der Waals surface area contributed by atoms with E-state index < -0.39 is 54.0 Å². The summed E-state index contributed by atoms with van der Waals surface area (Å²) in [6.07, 6.45) is -4.07. The molecule has 2 heterocycles. The number of amides is 1. The van der Waals surface area contributed by atoms with Crippen LogP contribution in [0.4, 0.5) is 4.79 Å². The van der Waals surface area contributed by atoms with Crippen LogP contribution in [-0.2, 0) is 4.74 Å². The number of aromatic nitrogens is 1. The Kier molecular flexibility index (Phi) is 5.27. The Balaban J connectivity index is 2.58. The minimum Gasteiger partial charge on any atom is -0.494 e. The molecule has 1 fully saturated rings. The molecule has 0 aromatic carbocycles. The number of hydrogen-bond donors (Lipinski definition) is 5. The van der Waals surface area contributed by atoms with Crippen LogP contribution in [-0.4, -0.2) is 66.9 Å². The minimum atomic E-state index is -1.59. The molecule has 5 N–H and O–H groups in total. The second-order valence-electron chi connectivity index (χ2n) is 6.99. The molecule has 1 amide bonds. The Bertz CT molecular complexity index is 793. The lowest BCUT2D eigenvalue weighted by Crippen LogP contribution is -2.45. The van der Waals surface area contributed by atoms with Crippen molar-refractivity contribution in [1.82, 2.24) is 9.88 Å². The van der Waals surface area contributed by atoms with Crippen LogP contribution in [0.25, 0.3) is 0 Å². The maximum atomic E-state index is 12.6. The minimum absolute atomic E-state index is 0.158.